The Balaban J connectivity index is 1.73. The lowest BCUT2D eigenvalue weighted by Gasteiger charge is -2.32. The van der Waals surface area contributed by atoms with Crippen molar-refractivity contribution in [1.29, 1.82) is 0 Å². The molecule has 0 saturated carbocycles. The van der Waals surface area contributed by atoms with Crippen LogP contribution in [-0.2, 0) is 0 Å². The van der Waals surface area contributed by atoms with Crippen LogP contribution >= 0.6 is 0 Å². The normalized spacial score (nSPS) is 16.3. The number of likely N-dealkylation sites (tertiary alicyclic amines) is 1. The molecule has 3 N–H and O–H groups in total. The maximum absolute atomic E-state index is 11.1. The van der Waals surface area contributed by atoms with E-state index in [9.17, 15) is 4.79 Å². The van der Waals surface area contributed by atoms with Gasteiger partial charge in [0.2, 0.25) is 0 Å². The van der Waals surface area contributed by atoms with E-state index in [2.05, 4.69) is 22.4 Å². The standard InChI is InChI=1S/C15H18N4O/c16-15(20)19-8-5-12(6-9-19)18-14-3-1-2-11-10-17-7-4-13(11)14/h1-4,7,10,12,18H,5-6,8-9H2,(H2,16,20). The first-order chi connectivity index (χ1) is 9.74. The molecule has 3 rings (SSSR count). The Morgan fingerprint density at radius 3 is 2.85 bits per heavy atom. The summed E-state index contributed by atoms with van der Waals surface area (Å²) in [5, 5.41) is 5.89. The molecule has 1 fully saturated rings. The van der Waals surface area contributed by atoms with Crippen LogP contribution in [0.2, 0.25) is 0 Å². The Morgan fingerprint density at radius 2 is 2.10 bits per heavy atom. The van der Waals surface area contributed by atoms with Gasteiger partial charge in [0.15, 0.2) is 0 Å². The quantitative estimate of drug-likeness (QED) is 0.878. The predicted octanol–water partition coefficient (Wildman–Crippen LogP) is 2.19. The third-order valence-corrected chi connectivity index (χ3v) is 3.85. The summed E-state index contributed by atoms with van der Waals surface area (Å²) in [6.07, 6.45) is 5.52. The molecular formula is C15H18N4O. The summed E-state index contributed by atoms with van der Waals surface area (Å²) in [5.41, 5.74) is 6.43. The number of hydrogen-bond acceptors (Lipinski definition) is 3. The minimum Gasteiger partial charge on any atom is -0.382 e. The van der Waals surface area contributed by atoms with Crippen LogP contribution in [0, 0.1) is 0 Å². The number of amides is 2. The molecule has 0 atom stereocenters. The van der Waals surface area contributed by atoms with Gasteiger partial charge in [-0.05, 0) is 25.0 Å². The van der Waals surface area contributed by atoms with Crippen LogP contribution in [0.3, 0.4) is 0 Å². The lowest BCUT2D eigenvalue weighted by Crippen LogP contribution is -2.44. The highest BCUT2D eigenvalue weighted by atomic mass is 16.2. The number of hydrogen-bond donors (Lipinski definition) is 2. The smallest absolute Gasteiger partial charge is 0.314 e. The summed E-state index contributed by atoms with van der Waals surface area (Å²) in [6, 6.07) is 8.26. The van der Waals surface area contributed by atoms with Crippen LogP contribution in [-0.4, -0.2) is 35.0 Å². The largest absolute Gasteiger partial charge is 0.382 e. The molecule has 1 saturated heterocycles. The number of benzene rings is 1. The topological polar surface area (TPSA) is 71.2 Å². The van der Waals surface area contributed by atoms with E-state index < -0.39 is 0 Å². The molecule has 2 heterocycles. The van der Waals surface area contributed by atoms with Crippen LogP contribution < -0.4 is 11.1 Å². The molecule has 1 aromatic heterocycles. The molecule has 20 heavy (non-hydrogen) atoms. The summed E-state index contributed by atoms with van der Waals surface area (Å²) < 4.78 is 0. The number of carbonyl (C=O) groups excluding carboxylic acids is 1. The van der Waals surface area contributed by atoms with Crippen molar-refractivity contribution in [2.75, 3.05) is 18.4 Å². The first kappa shape index (κ1) is 12.7. The fourth-order valence-corrected chi connectivity index (χ4v) is 2.71. The Morgan fingerprint density at radius 1 is 1.30 bits per heavy atom. The average molecular weight is 270 g/mol. The van der Waals surface area contributed by atoms with E-state index in [0.29, 0.717) is 6.04 Å². The lowest BCUT2D eigenvalue weighted by atomic mass is 10.0. The lowest BCUT2D eigenvalue weighted by molar-refractivity contribution is 0.193. The van der Waals surface area contributed by atoms with Gasteiger partial charge >= 0.3 is 6.03 Å². The monoisotopic (exact) mass is 270 g/mol. The second kappa shape index (κ2) is 5.36. The van der Waals surface area contributed by atoms with Gasteiger partial charge in [0.25, 0.3) is 0 Å². The zero-order valence-electron chi connectivity index (χ0n) is 11.2. The van der Waals surface area contributed by atoms with E-state index in [1.807, 2.05) is 24.5 Å². The molecule has 1 aliphatic heterocycles. The van der Waals surface area contributed by atoms with Crippen molar-refractivity contribution >= 4 is 22.5 Å². The number of nitrogens with two attached hydrogens (primary N) is 1. The Hall–Kier alpha value is -2.30. The van der Waals surface area contributed by atoms with Gasteiger partial charge in [-0.2, -0.15) is 0 Å². The molecule has 2 aromatic rings. The van der Waals surface area contributed by atoms with Gasteiger partial charge in [0.1, 0.15) is 0 Å². The number of fused-ring (bicyclic) bond motifs is 1. The number of urea groups is 1. The average Bonchev–Trinajstić information content (AvgIpc) is 2.48. The molecule has 0 aliphatic carbocycles. The summed E-state index contributed by atoms with van der Waals surface area (Å²) in [6.45, 7) is 1.44. The number of nitrogens with one attached hydrogen (secondary N) is 1. The number of rotatable bonds is 2. The maximum atomic E-state index is 11.1. The number of aromatic nitrogens is 1. The SMILES string of the molecule is NC(=O)N1CCC(Nc2cccc3cnccc23)CC1. The highest BCUT2D eigenvalue weighted by Gasteiger charge is 2.21. The van der Waals surface area contributed by atoms with E-state index in [-0.39, 0.29) is 6.03 Å². The zero-order valence-corrected chi connectivity index (χ0v) is 11.2. The fraction of sp³-hybridized carbons (Fsp3) is 0.333. The van der Waals surface area contributed by atoms with Crippen LogP contribution in [0.4, 0.5) is 10.5 Å². The van der Waals surface area contributed by atoms with Gasteiger partial charge in [0.05, 0.1) is 0 Å². The van der Waals surface area contributed by atoms with Crippen LogP contribution in [0.1, 0.15) is 12.8 Å². The summed E-state index contributed by atoms with van der Waals surface area (Å²) in [5.74, 6) is 0. The third-order valence-electron chi connectivity index (χ3n) is 3.85. The Bertz CT molecular complexity index is 615. The highest BCUT2D eigenvalue weighted by molar-refractivity contribution is 5.93. The summed E-state index contributed by atoms with van der Waals surface area (Å²) in [7, 11) is 0. The molecule has 0 unspecified atom stereocenters. The first-order valence-corrected chi connectivity index (χ1v) is 6.88. The minimum absolute atomic E-state index is 0.320. The summed E-state index contributed by atoms with van der Waals surface area (Å²) >= 11 is 0. The highest BCUT2D eigenvalue weighted by Crippen LogP contribution is 2.24. The van der Waals surface area contributed by atoms with Crippen LogP contribution in [0.25, 0.3) is 10.8 Å². The number of nitrogens with zero attached hydrogens (tertiary/aromatic N) is 2. The van der Waals surface area contributed by atoms with E-state index in [1.165, 1.54) is 5.39 Å². The van der Waals surface area contributed by atoms with E-state index >= 15 is 0 Å². The molecular weight excluding hydrogens is 252 g/mol. The molecule has 0 radical (unpaired) electrons. The molecule has 104 valence electrons. The van der Waals surface area contributed by atoms with Gasteiger partial charge in [-0.25, -0.2) is 4.79 Å². The summed E-state index contributed by atoms with van der Waals surface area (Å²) in [4.78, 5) is 17.0. The van der Waals surface area contributed by atoms with Crippen molar-refractivity contribution in [3.63, 3.8) is 0 Å². The number of piperidine rings is 1. The van der Waals surface area contributed by atoms with Gasteiger partial charge in [-0.1, -0.05) is 12.1 Å². The van der Waals surface area contributed by atoms with Crippen LogP contribution in [0.15, 0.2) is 36.7 Å². The van der Waals surface area contributed by atoms with Gasteiger partial charge < -0.3 is 16.0 Å². The van der Waals surface area contributed by atoms with Gasteiger partial charge in [-0.15, -0.1) is 0 Å². The zero-order chi connectivity index (χ0) is 13.9. The molecule has 1 aliphatic rings. The number of carbonyl (C=O) groups is 1. The molecule has 5 heteroatoms. The van der Waals surface area contributed by atoms with E-state index in [0.717, 1.165) is 37.0 Å². The van der Waals surface area contributed by atoms with Crippen molar-refractivity contribution in [3.8, 4) is 0 Å². The van der Waals surface area contributed by atoms with Gasteiger partial charge in [0, 0.05) is 48.0 Å². The first-order valence-electron chi connectivity index (χ1n) is 6.88. The minimum atomic E-state index is -0.320. The van der Waals surface area contributed by atoms with E-state index in [1.54, 1.807) is 4.90 Å². The molecule has 0 bridgehead atoms. The number of primary amides is 1. The maximum Gasteiger partial charge on any atom is 0.314 e. The van der Waals surface area contributed by atoms with Crippen molar-refractivity contribution in [3.05, 3.63) is 36.7 Å². The second-order valence-electron chi connectivity index (χ2n) is 5.15. The Kier molecular flexibility index (Phi) is 3.41. The number of anilines is 1. The second-order valence-corrected chi connectivity index (χ2v) is 5.15. The Labute approximate surface area is 117 Å². The molecule has 0 spiro atoms. The molecule has 5 nitrogen and oxygen atoms in total. The fourth-order valence-electron chi connectivity index (χ4n) is 2.71. The van der Waals surface area contributed by atoms with Crippen molar-refractivity contribution in [1.82, 2.24) is 9.88 Å². The molecule has 1 aromatic carbocycles. The predicted molar refractivity (Wildman–Crippen MR) is 79.5 cm³/mol. The third kappa shape index (κ3) is 2.52. The van der Waals surface area contributed by atoms with Crippen LogP contribution in [0.5, 0.6) is 0 Å². The van der Waals surface area contributed by atoms with Gasteiger partial charge in [-0.3, -0.25) is 4.98 Å². The molecule has 2 amide bonds. The van der Waals surface area contributed by atoms with Crippen molar-refractivity contribution in [2.24, 2.45) is 5.73 Å². The van der Waals surface area contributed by atoms with Crippen molar-refractivity contribution < 1.29 is 4.79 Å². The van der Waals surface area contributed by atoms with Crippen molar-refractivity contribution in [2.45, 2.75) is 18.9 Å². The number of pyridine rings is 1. The van der Waals surface area contributed by atoms with E-state index in [4.69, 9.17) is 5.73 Å².